The van der Waals surface area contributed by atoms with Crippen molar-refractivity contribution in [3.63, 3.8) is 0 Å². The highest BCUT2D eigenvalue weighted by Crippen LogP contribution is 2.18. The molecule has 0 spiro atoms. The van der Waals surface area contributed by atoms with Crippen molar-refractivity contribution in [3.8, 4) is 0 Å². The summed E-state index contributed by atoms with van der Waals surface area (Å²) in [5.74, 6) is -0.0407. The number of piperazine rings is 1. The third kappa shape index (κ3) is 5.15. The standard InChI is InChI=1S/C16H24ClN3O4S/c1-13(16(21)18-7-12-24-2)19-8-10-20(11-9-19)25(22,23)15-5-3-14(17)4-6-15/h3-6,13H,7-12H2,1-2H3,(H,18,21)/p+1/t13-/m1/s1. The van der Waals surface area contributed by atoms with Gasteiger partial charge >= 0.3 is 0 Å². The molecule has 0 radical (unpaired) electrons. The van der Waals surface area contributed by atoms with Crippen LogP contribution in [-0.2, 0) is 19.6 Å². The zero-order chi connectivity index (χ0) is 18.4. The van der Waals surface area contributed by atoms with Crippen LogP contribution in [0.5, 0.6) is 0 Å². The smallest absolute Gasteiger partial charge is 0.278 e. The number of hydrogen-bond acceptors (Lipinski definition) is 4. The zero-order valence-corrected chi connectivity index (χ0v) is 16.1. The van der Waals surface area contributed by atoms with Crippen LogP contribution in [-0.4, -0.2) is 71.1 Å². The van der Waals surface area contributed by atoms with E-state index in [0.29, 0.717) is 44.4 Å². The summed E-state index contributed by atoms with van der Waals surface area (Å²) < 4.78 is 31.7. The lowest BCUT2D eigenvalue weighted by Gasteiger charge is -2.34. The predicted octanol–water partition coefficient (Wildman–Crippen LogP) is -0.620. The molecule has 1 aliphatic rings. The van der Waals surface area contributed by atoms with Crippen molar-refractivity contribution >= 4 is 27.5 Å². The molecule has 0 aliphatic carbocycles. The number of methoxy groups -OCH3 is 1. The molecular weight excluding hydrogens is 366 g/mol. The lowest BCUT2D eigenvalue weighted by Crippen LogP contribution is -3.19. The molecule has 1 aliphatic heterocycles. The lowest BCUT2D eigenvalue weighted by atomic mass is 10.2. The number of ether oxygens (including phenoxy) is 1. The fourth-order valence-corrected chi connectivity index (χ4v) is 4.38. The molecule has 1 aromatic rings. The Labute approximate surface area is 153 Å². The second kappa shape index (κ2) is 8.95. The van der Waals surface area contributed by atoms with Gasteiger partial charge in [0.05, 0.1) is 37.7 Å². The van der Waals surface area contributed by atoms with Crippen LogP contribution < -0.4 is 10.2 Å². The molecule has 1 aromatic carbocycles. The van der Waals surface area contributed by atoms with Crippen LogP contribution in [0.25, 0.3) is 0 Å². The van der Waals surface area contributed by atoms with Gasteiger partial charge in [-0.2, -0.15) is 4.31 Å². The number of nitrogens with one attached hydrogen (secondary N) is 2. The van der Waals surface area contributed by atoms with Gasteiger partial charge in [0.1, 0.15) is 0 Å². The zero-order valence-electron chi connectivity index (χ0n) is 14.5. The van der Waals surface area contributed by atoms with E-state index < -0.39 is 10.0 Å². The van der Waals surface area contributed by atoms with Gasteiger partial charge in [0.2, 0.25) is 10.0 Å². The second-order valence-electron chi connectivity index (χ2n) is 6.02. The summed E-state index contributed by atoms with van der Waals surface area (Å²) in [4.78, 5) is 13.4. The van der Waals surface area contributed by atoms with Gasteiger partial charge in [0.15, 0.2) is 6.04 Å². The van der Waals surface area contributed by atoms with Crippen LogP contribution in [0, 0.1) is 0 Å². The molecular formula is C16H25ClN3O4S+. The molecule has 9 heteroatoms. The Morgan fingerprint density at radius 1 is 1.32 bits per heavy atom. The highest BCUT2D eigenvalue weighted by atomic mass is 35.5. The molecule has 2 N–H and O–H groups in total. The number of carbonyl (C=O) groups is 1. The summed E-state index contributed by atoms with van der Waals surface area (Å²) in [6, 6.07) is 5.95. The van der Waals surface area contributed by atoms with E-state index in [0.717, 1.165) is 4.90 Å². The molecule has 0 bridgehead atoms. The third-order valence-electron chi connectivity index (χ3n) is 4.43. The van der Waals surface area contributed by atoms with Crippen molar-refractivity contribution in [2.45, 2.75) is 17.9 Å². The number of quaternary nitrogens is 1. The monoisotopic (exact) mass is 390 g/mol. The molecule has 1 amide bonds. The summed E-state index contributed by atoms with van der Waals surface area (Å²) in [6.07, 6.45) is 0. The van der Waals surface area contributed by atoms with Crippen LogP contribution in [0.1, 0.15) is 6.92 Å². The van der Waals surface area contributed by atoms with Crippen molar-refractivity contribution in [3.05, 3.63) is 29.3 Å². The van der Waals surface area contributed by atoms with Crippen LogP contribution in [0.3, 0.4) is 0 Å². The predicted molar refractivity (Wildman–Crippen MR) is 95.3 cm³/mol. The van der Waals surface area contributed by atoms with Crippen molar-refractivity contribution in [2.75, 3.05) is 46.4 Å². The SMILES string of the molecule is COCCNC(=O)[C@@H](C)[NH+]1CCN(S(=O)(=O)c2ccc(Cl)cc2)CC1. The molecule has 2 rings (SSSR count). The largest absolute Gasteiger partial charge is 0.383 e. The number of benzene rings is 1. The number of halogens is 1. The first-order chi connectivity index (χ1) is 11.9. The molecule has 25 heavy (non-hydrogen) atoms. The van der Waals surface area contributed by atoms with E-state index in [4.69, 9.17) is 16.3 Å². The number of sulfonamides is 1. The molecule has 140 valence electrons. The molecule has 1 fully saturated rings. The Kier molecular flexibility index (Phi) is 7.21. The van der Waals surface area contributed by atoms with E-state index in [1.165, 1.54) is 16.4 Å². The minimum Gasteiger partial charge on any atom is -0.383 e. The van der Waals surface area contributed by atoms with Crippen molar-refractivity contribution in [1.29, 1.82) is 0 Å². The van der Waals surface area contributed by atoms with Gasteiger partial charge < -0.3 is 15.0 Å². The van der Waals surface area contributed by atoms with Crippen molar-refractivity contribution in [2.24, 2.45) is 0 Å². The van der Waals surface area contributed by atoms with E-state index >= 15 is 0 Å². The van der Waals surface area contributed by atoms with E-state index in [1.54, 1.807) is 19.2 Å². The molecule has 0 saturated carbocycles. The van der Waals surface area contributed by atoms with E-state index in [2.05, 4.69) is 5.32 Å². The van der Waals surface area contributed by atoms with Crippen LogP contribution >= 0.6 is 11.6 Å². The Hall–Kier alpha value is -1.19. The second-order valence-corrected chi connectivity index (χ2v) is 8.40. The number of nitrogens with zero attached hydrogens (tertiary/aromatic N) is 1. The summed E-state index contributed by atoms with van der Waals surface area (Å²) in [5.41, 5.74) is 0. The summed E-state index contributed by atoms with van der Waals surface area (Å²) in [5, 5.41) is 3.33. The average molecular weight is 391 g/mol. The van der Waals surface area contributed by atoms with Gasteiger partial charge in [-0.15, -0.1) is 0 Å². The fourth-order valence-electron chi connectivity index (χ4n) is 2.82. The number of carbonyl (C=O) groups excluding carboxylic acids is 1. The molecule has 1 saturated heterocycles. The van der Waals surface area contributed by atoms with E-state index in [1.807, 2.05) is 6.92 Å². The van der Waals surface area contributed by atoms with Gasteiger partial charge in [0.25, 0.3) is 5.91 Å². The molecule has 0 unspecified atom stereocenters. The number of amides is 1. The Morgan fingerprint density at radius 2 is 1.92 bits per heavy atom. The van der Waals surface area contributed by atoms with Crippen LogP contribution in [0.2, 0.25) is 5.02 Å². The number of rotatable bonds is 7. The first-order valence-electron chi connectivity index (χ1n) is 8.23. The summed E-state index contributed by atoms with van der Waals surface area (Å²) in [6.45, 7) is 4.76. The summed E-state index contributed by atoms with van der Waals surface area (Å²) >= 11 is 5.82. The van der Waals surface area contributed by atoms with Gasteiger partial charge in [-0.3, -0.25) is 4.79 Å². The third-order valence-corrected chi connectivity index (χ3v) is 6.59. The maximum Gasteiger partial charge on any atom is 0.278 e. The molecule has 0 aromatic heterocycles. The maximum atomic E-state index is 12.7. The minimum atomic E-state index is -3.52. The lowest BCUT2D eigenvalue weighted by molar-refractivity contribution is -0.917. The van der Waals surface area contributed by atoms with Crippen LogP contribution in [0.15, 0.2) is 29.2 Å². The Balaban J connectivity index is 1.92. The fraction of sp³-hybridized carbons (Fsp3) is 0.562. The van der Waals surface area contributed by atoms with Gasteiger partial charge in [-0.05, 0) is 31.2 Å². The van der Waals surface area contributed by atoms with Gasteiger partial charge in [-0.25, -0.2) is 8.42 Å². The summed E-state index contributed by atoms with van der Waals surface area (Å²) in [7, 11) is -1.94. The quantitative estimate of drug-likeness (QED) is 0.608. The van der Waals surface area contributed by atoms with Crippen molar-refractivity contribution < 1.29 is 22.8 Å². The Morgan fingerprint density at radius 3 is 2.48 bits per heavy atom. The number of hydrogen-bond donors (Lipinski definition) is 2. The van der Waals surface area contributed by atoms with Gasteiger partial charge in [0, 0.05) is 18.7 Å². The van der Waals surface area contributed by atoms with E-state index in [9.17, 15) is 13.2 Å². The average Bonchev–Trinajstić information content (AvgIpc) is 2.61. The minimum absolute atomic E-state index is 0.0407. The first-order valence-corrected chi connectivity index (χ1v) is 10.0. The molecule has 1 heterocycles. The van der Waals surface area contributed by atoms with E-state index in [-0.39, 0.29) is 16.8 Å². The highest BCUT2D eigenvalue weighted by molar-refractivity contribution is 7.89. The maximum absolute atomic E-state index is 12.7. The molecule has 7 nitrogen and oxygen atoms in total. The normalized spacial score (nSPS) is 18.0. The van der Waals surface area contributed by atoms with Gasteiger partial charge in [-0.1, -0.05) is 11.6 Å². The topological polar surface area (TPSA) is 80.2 Å². The molecule has 1 atom stereocenters. The van der Waals surface area contributed by atoms with Crippen molar-refractivity contribution in [1.82, 2.24) is 9.62 Å². The first kappa shape index (κ1) is 20.1. The van der Waals surface area contributed by atoms with Crippen LogP contribution in [0.4, 0.5) is 0 Å². The highest BCUT2D eigenvalue weighted by Gasteiger charge is 2.34. The Bertz CT molecular complexity index is 673.